The Labute approximate surface area is 188 Å². The minimum atomic E-state index is -0.677. The predicted octanol–water partition coefficient (Wildman–Crippen LogP) is 3.94. The summed E-state index contributed by atoms with van der Waals surface area (Å²) in [6, 6.07) is 7.24. The summed E-state index contributed by atoms with van der Waals surface area (Å²) in [6.45, 7) is 12.0. The molecule has 6 nitrogen and oxygen atoms in total. The Bertz CT molecular complexity index is 932. The van der Waals surface area contributed by atoms with Crippen molar-refractivity contribution in [3.63, 3.8) is 0 Å². The number of carbonyl (C=O) groups excluding carboxylic acids is 2. The standard InChI is InChI=1S/C24H33N3O3S/c1-14(24(4,5)6)23(30)27-12-19(28)11-20(27)22(29)26-15(2)17-7-9-18(10-8-17)21-16(3)25-13-31-21/h7-10,13-15,19-20,28H,11-12H2,1-6H3,(H,26,29)/t14-,15+,19+,20+/m1/s1. The normalized spacial score (nSPS) is 21.1. The van der Waals surface area contributed by atoms with E-state index >= 15 is 0 Å². The van der Waals surface area contributed by atoms with Crippen LogP contribution in [0.15, 0.2) is 29.8 Å². The Morgan fingerprint density at radius 3 is 2.42 bits per heavy atom. The first-order valence-corrected chi connectivity index (χ1v) is 11.7. The van der Waals surface area contributed by atoms with Gasteiger partial charge in [-0.3, -0.25) is 9.59 Å². The molecule has 1 aliphatic heterocycles. The van der Waals surface area contributed by atoms with Crippen LogP contribution in [0.3, 0.4) is 0 Å². The van der Waals surface area contributed by atoms with Gasteiger partial charge in [0.15, 0.2) is 0 Å². The fraction of sp³-hybridized carbons (Fsp3) is 0.542. The molecule has 31 heavy (non-hydrogen) atoms. The van der Waals surface area contributed by atoms with E-state index in [9.17, 15) is 14.7 Å². The second-order valence-corrected chi connectivity index (χ2v) is 10.5. The van der Waals surface area contributed by atoms with E-state index in [1.807, 2.05) is 71.3 Å². The van der Waals surface area contributed by atoms with Gasteiger partial charge >= 0.3 is 0 Å². The number of aliphatic hydroxyl groups is 1. The van der Waals surface area contributed by atoms with Gasteiger partial charge in [-0.05, 0) is 30.4 Å². The second-order valence-electron chi connectivity index (χ2n) is 9.60. The summed E-state index contributed by atoms with van der Waals surface area (Å²) in [5, 5.41) is 13.2. The van der Waals surface area contributed by atoms with Crippen molar-refractivity contribution in [3.05, 3.63) is 41.0 Å². The van der Waals surface area contributed by atoms with Gasteiger partial charge in [0, 0.05) is 18.9 Å². The molecule has 0 saturated carbocycles. The predicted molar refractivity (Wildman–Crippen MR) is 124 cm³/mol. The number of hydrogen-bond acceptors (Lipinski definition) is 5. The van der Waals surface area contributed by atoms with Crippen LogP contribution in [0.1, 0.15) is 58.3 Å². The fourth-order valence-electron chi connectivity index (χ4n) is 3.82. The van der Waals surface area contributed by atoms with Gasteiger partial charge in [-0.1, -0.05) is 52.0 Å². The van der Waals surface area contributed by atoms with Gasteiger partial charge in [-0.2, -0.15) is 0 Å². The topological polar surface area (TPSA) is 82.5 Å². The van der Waals surface area contributed by atoms with Gasteiger partial charge in [-0.25, -0.2) is 4.98 Å². The van der Waals surface area contributed by atoms with E-state index in [4.69, 9.17) is 0 Å². The van der Waals surface area contributed by atoms with Gasteiger partial charge in [0.25, 0.3) is 0 Å². The maximum Gasteiger partial charge on any atom is 0.243 e. The molecule has 0 unspecified atom stereocenters. The van der Waals surface area contributed by atoms with E-state index in [1.165, 1.54) is 0 Å². The van der Waals surface area contributed by atoms with E-state index in [2.05, 4.69) is 10.3 Å². The van der Waals surface area contributed by atoms with Crippen LogP contribution in [0.25, 0.3) is 10.4 Å². The molecule has 0 bridgehead atoms. The summed E-state index contributed by atoms with van der Waals surface area (Å²) in [4.78, 5) is 33.0. The maximum atomic E-state index is 13.0. The molecular weight excluding hydrogens is 410 g/mol. The van der Waals surface area contributed by atoms with Crippen molar-refractivity contribution in [2.45, 2.75) is 66.2 Å². The fourth-order valence-corrected chi connectivity index (χ4v) is 4.63. The van der Waals surface area contributed by atoms with Crippen molar-refractivity contribution in [1.82, 2.24) is 15.2 Å². The summed E-state index contributed by atoms with van der Waals surface area (Å²) in [7, 11) is 0. The number of rotatable bonds is 5. The van der Waals surface area contributed by atoms with Crippen LogP contribution in [-0.4, -0.2) is 45.5 Å². The van der Waals surface area contributed by atoms with Gasteiger partial charge in [-0.15, -0.1) is 11.3 Å². The highest BCUT2D eigenvalue weighted by atomic mass is 32.1. The molecule has 2 aromatic rings. The average Bonchev–Trinajstić information content (AvgIpc) is 3.31. The maximum absolute atomic E-state index is 13.0. The molecular formula is C24H33N3O3S. The number of hydrogen-bond donors (Lipinski definition) is 2. The molecule has 4 atom stereocenters. The summed E-state index contributed by atoms with van der Waals surface area (Å²) >= 11 is 1.61. The van der Waals surface area contributed by atoms with Crippen LogP contribution in [0.5, 0.6) is 0 Å². The lowest BCUT2D eigenvalue weighted by atomic mass is 9.81. The number of aryl methyl sites for hydroxylation is 1. The van der Waals surface area contributed by atoms with Crippen molar-refractivity contribution in [3.8, 4) is 10.4 Å². The molecule has 168 valence electrons. The lowest BCUT2D eigenvalue weighted by molar-refractivity contribution is -0.144. The van der Waals surface area contributed by atoms with E-state index < -0.39 is 12.1 Å². The zero-order valence-electron chi connectivity index (χ0n) is 19.2. The monoisotopic (exact) mass is 443 g/mol. The third-order valence-electron chi connectivity index (χ3n) is 6.31. The number of aliphatic hydroxyl groups excluding tert-OH is 1. The highest BCUT2D eigenvalue weighted by Crippen LogP contribution is 2.31. The summed E-state index contributed by atoms with van der Waals surface area (Å²) in [5.74, 6) is -0.546. The molecule has 1 aromatic heterocycles. The Kier molecular flexibility index (Phi) is 6.86. The molecule has 2 amide bonds. The molecule has 1 saturated heterocycles. The molecule has 2 N–H and O–H groups in total. The molecule has 1 fully saturated rings. The van der Waals surface area contributed by atoms with Crippen LogP contribution in [-0.2, 0) is 9.59 Å². The van der Waals surface area contributed by atoms with Gasteiger partial charge in [0.1, 0.15) is 6.04 Å². The average molecular weight is 444 g/mol. The van der Waals surface area contributed by atoms with Gasteiger partial charge in [0.2, 0.25) is 11.8 Å². The Morgan fingerprint density at radius 2 is 1.87 bits per heavy atom. The van der Waals surface area contributed by atoms with Crippen LogP contribution < -0.4 is 5.32 Å². The zero-order valence-corrected chi connectivity index (χ0v) is 20.0. The highest BCUT2D eigenvalue weighted by Gasteiger charge is 2.42. The first-order valence-electron chi connectivity index (χ1n) is 10.8. The van der Waals surface area contributed by atoms with Crippen molar-refractivity contribution in [1.29, 1.82) is 0 Å². The number of carbonyl (C=O) groups is 2. The number of nitrogens with zero attached hydrogens (tertiary/aromatic N) is 2. The number of benzene rings is 1. The zero-order chi connectivity index (χ0) is 22.9. The molecule has 0 aliphatic carbocycles. The van der Waals surface area contributed by atoms with E-state index in [1.54, 1.807) is 16.2 Å². The van der Waals surface area contributed by atoms with Gasteiger partial charge in [0.05, 0.1) is 28.2 Å². The molecule has 0 radical (unpaired) electrons. The van der Waals surface area contributed by atoms with E-state index in [0.29, 0.717) is 0 Å². The third kappa shape index (κ3) is 5.15. The van der Waals surface area contributed by atoms with Crippen molar-refractivity contribution >= 4 is 23.2 Å². The summed E-state index contributed by atoms with van der Waals surface area (Å²) < 4.78 is 0. The number of thiazole rings is 1. The van der Waals surface area contributed by atoms with Crippen molar-refractivity contribution < 1.29 is 14.7 Å². The number of β-amino-alcohol motifs (C(OH)–C–C–N with tert-alkyl or cyclic N) is 1. The minimum absolute atomic E-state index is 0.0823. The second kappa shape index (κ2) is 9.09. The lowest BCUT2D eigenvalue weighted by Gasteiger charge is -2.33. The number of nitrogens with one attached hydrogen (secondary N) is 1. The summed E-state index contributed by atoms with van der Waals surface area (Å²) in [6.07, 6.45) is -0.408. The number of aromatic nitrogens is 1. The highest BCUT2D eigenvalue weighted by molar-refractivity contribution is 7.13. The molecule has 0 spiro atoms. The Hall–Kier alpha value is -2.25. The number of likely N-dealkylation sites (tertiary alicyclic amines) is 1. The molecule has 1 aromatic carbocycles. The van der Waals surface area contributed by atoms with E-state index in [0.717, 1.165) is 21.7 Å². The molecule has 3 rings (SSSR count). The van der Waals surface area contributed by atoms with Crippen molar-refractivity contribution in [2.75, 3.05) is 6.54 Å². The Morgan fingerprint density at radius 1 is 1.23 bits per heavy atom. The quantitative estimate of drug-likeness (QED) is 0.733. The molecule has 1 aliphatic rings. The lowest BCUT2D eigenvalue weighted by Crippen LogP contribution is -2.49. The summed E-state index contributed by atoms with van der Waals surface area (Å²) in [5.41, 5.74) is 4.73. The smallest absolute Gasteiger partial charge is 0.243 e. The minimum Gasteiger partial charge on any atom is -0.391 e. The van der Waals surface area contributed by atoms with Crippen LogP contribution in [0.4, 0.5) is 0 Å². The van der Waals surface area contributed by atoms with Crippen LogP contribution in [0, 0.1) is 18.3 Å². The SMILES string of the molecule is Cc1ncsc1-c1ccc([C@H](C)NC(=O)[C@@H]2C[C@H](O)CN2C(=O)[C@@H](C)C(C)(C)C)cc1. The van der Waals surface area contributed by atoms with Crippen molar-refractivity contribution in [2.24, 2.45) is 11.3 Å². The molecule has 2 heterocycles. The van der Waals surface area contributed by atoms with Gasteiger partial charge < -0.3 is 15.3 Å². The molecule has 7 heteroatoms. The van der Waals surface area contributed by atoms with Crippen LogP contribution >= 0.6 is 11.3 Å². The largest absolute Gasteiger partial charge is 0.391 e. The first kappa shape index (κ1) is 23.4. The first-order chi connectivity index (χ1) is 14.5. The van der Waals surface area contributed by atoms with Crippen LogP contribution in [0.2, 0.25) is 0 Å². The Balaban J connectivity index is 1.69. The number of amides is 2. The third-order valence-corrected chi connectivity index (χ3v) is 7.29. The van der Waals surface area contributed by atoms with E-state index in [-0.39, 0.29) is 42.2 Å².